The van der Waals surface area contributed by atoms with Gasteiger partial charge < -0.3 is 5.32 Å². The van der Waals surface area contributed by atoms with Gasteiger partial charge in [-0.15, -0.1) is 0 Å². The van der Waals surface area contributed by atoms with Crippen molar-refractivity contribution in [1.29, 1.82) is 0 Å². The Kier molecular flexibility index (Phi) is 4.56. The third-order valence-corrected chi connectivity index (χ3v) is 2.79. The normalized spacial score (nSPS) is 11.4. The van der Waals surface area contributed by atoms with Crippen LogP contribution in [0.3, 0.4) is 0 Å². The van der Waals surface area contributed by atoms with Gasteiger partial charge in [0.15, 0.2) is 0 Å². The molecule has 112 valence electrons. The highest BCUT2D eigenvalue weighted by atomic mass is 19.4. The van der Waals surface area contributed by atoms with E-state index in [0.717, 1.165) is 12.1 Å². The summed E-state index contributed by atoms with van der Waals surface area (Å²) in [5.74, 6) is 0.402. The Balaban J connectivity index is 1.79. The van der Waals surface area contributed by atoms with Gasteiger partial charge in [0.1, 0.15) is 12.2 Å². The van der Waals surface area contributed by atoms with E-state index in [9.17, 15) is 18.0 Å². The number of aromatic amines is 1. The third kappa shape index (κ3) is 4.59. The van der Waals surface area contributed by atoms with E-state index >= 15 is 0 Å². The quantitative estimate of drug-likeness (QED) is 0.883. The summed E-state index contributed by atoms with van der Waals surface area (Å²) in [5.41, 5.74) is -0.197. The molecule has 2 rings (SSSR count). The number of alkyl halides is 3. The molecule has 5 nitrogen and oxygen atoms in total. The van der Waals surface area contributed by atoms with Crippen molar-refractivity contribution in [3.05, 3.63) is 47.5 Å². The largest absolute Gasteiger partial charge is 0.416 e. The van der Waals surface area contributed by atoms with E-state index in [2.05, 4.69) is 20.5 Å². The van der Waals surface area contributed by atoms with Gasteiger partial charge in [0.05, 0.1) is 12.0 Å². The summed E-state index contributed by atoms with van der Waals surface area (Å²) in [7, 11) is 0. The predicted octanol–water partition coefficient (Wildman–Crippen LogP) is 1.72. The van der Waals surface area contributed by atoms with Crippen LogP contribution in [-0.4, -0.2) is 27.6 Å². The number of nitrogens with zero attached hydrogens (tertiary/aromatic N) is 2. The van der Waals surface area contributed by atoms with Crippen molar-refractivity contribution >= 4 is 5.91 Å². The molecule has 8 heteroatoms. The summed E-state index contributed by atoms with van der Waals surface area (Å²) in [6.45, 7) is 0.384. The van der Waals surface area contributed by atoms with Crippen LogP contribution in [0.1, 0.15) is 17.0 Å². The lowest BCUT2D eigenvalue weighted by atomic mass is 10.1. The number of nitrogens with one attached hydrogen (secondary N) is 2. The smallest absolute Gasteiger partial charge is 0.355 e. The fourth-order valence-corrected chi connectivity index (χ4v) is 1.73. The molecule has 0 bridgehead atoms. The first-order valence-electron chi connectivity index (χ1n) is 6.22. The van der Waals surface area contributed by atoms with E-state index in [1.807, 2.05) is 0 Å². The topological polar surface area (TPSA) is 70.7 Å². The molecular formula is C13H13F3N4O. The third-order valence-electron chi connectivity index (χ3n) is 2.79. The molecule has 21 heavy (non-hydrogen) atoms. The van der Waals surface area contributed by atoms with E-state index < -0.39 is 11.7 Å². The highest BCUT2D eigenvalue weighted by Gasteiger charge is 2.29. The summed E-state index contributed by atoms with van der Waals surface area (Å²) in [6.07, 6.45) is -2.44. The molecule has 0 aliphatic carbocycles. The van der Waals surface area contributed by atoms with Crippen molar-refractivity contribution in [2.24, 2.45) is 0 Å². The summed E-state index contributed by atoms with van der Waals surface area (Å²) < 4.78 is 37.2. The molecule has 0 aliphatic rings. The molecule has 1 aromatic carbocycles. The van der Waals surface area contributed by atoms with Crippen LogP contribution in [0.4, 0.5) is 13.2 Å². The zero-order valence-corrected chi connectivity index (χ0v) is 10.9. The van der Waals surface area contributed by atoms with Gasteiger partial charge in [-0.05, 0) is 17.7 Å². The summed E-state index contributed by atoms with van der Waals surface area (Å²) >= 11 is 0. The number of hydrogen-bond acceptors (Lipinski definition) is 3. The SMILES string of the molecule is O=C(Cc1ccc(C(F)(F)F)cc1)NCCc1ncn[nH]1. The highest BCUT2D eigenvalue weighted by Crippen LogP contribution is 2.29. The number of carbonyl (C=O) groups excluding carboxylic acids is 1. The van der Waals surface area contributed by atoms with Crippen molar-refractivity contribution in [1.82, 2.24) is 20.5 Å². The molecule has 0 unspecified atom stereocenters. The lowest BCUT2D eigenvalue weighted by Gasteiger charge is -2.08. The molecule has 0 spiro atoms. The molecule has 1 aromatic heterocycles. The average molecular weight is 298 g/mol. The van der Waals surface area contributed by atoms with E-state index in [1.165, 1.54) is 18.5 Å². The zero-order valence-electron chi connectivity index (χ0n) is 10.9. The van der Waals surface area contributed by atoms with E-state index in [0.29, 0.717) is 24.4 Å². The number of halogens is 3. The van der Waals surface area contributed by atoms with Gasteiger partial charge in [0, 0.05) is 13.0 Å². The Morgan fingerprint density at radius 2 is 1.95 bits per heavy atom. The summed E-state index contributed by atoms with van der Waals surface area (Å²) in [4.78, 5) is 15.5. The molecule has 2 aromatic rings. The molecule has 0 radical (unpaired) electrons. The number of carbonyl (C=O) groups is 1. The van der Waals surface area contributed by atoms with Crippen LogP contribution < -0.4 is 5.32 Å². The maximum absolute atomic E-state index is 12.4. The first-order valence-corrected chi connectivity index (χ1v) is 6.22. The summed E-state index contributed by atoms with van der Waals surface area (Å²) in [5, 5.41) is 9.00. The van der Waals surface area contributed by atoms with Gasteiger partial charge in [-0.2, -0.15) is 18.3 Å². The fraction of sp³-hybridized carbons (Fsp3) is 0.308. The standard InChI is InChI=1S/C13H13F3N4O/c14-13(15,16)10-3-1-9(2-4-10)7-12(21)17-6-5-11-18-8-19-20-11/h1-4,8H,5-7H2,(H,17,21)(H,18,19,20). The van der Waals surface area contributed by atoms with Gasteiger partial charge >= 0.3 is 6.18 Å². The van der Waals surface area contributed by atoms with Crippen molar-refractivity contribution < 1.29 is 18.0 Å². The summed E-state index contributed by atoms with van der Waals surface area (Å²) in [6, 6.07) is 4.55. The Morgan fingerprint density at radius 1 is 1.24 bits per heavy atom. The van der Waals surface area contributed by atoms with Gasteiger partial charge in [0.2, 0.25) is 5.91 Å². The molecule has 1 heterocycles. The number of rotatable bonds is 5. The van der Waals surface area contributed by atoms with Crippen LogP contribution >= 0.6 is 0 Å². The van der Waals surface area contributed by atoms with Crippen LogP contribution in [0, 0.1) is 0 Å². The first-order chi connectivity index (χ1) is 9.95. The van der Waals surface area contributed by atoms with Gasteiger partial charge in [-0.1, -0.05) is 12.1 Å². The first kappa shape index (κ1) is 15.0. The predicted molar refractivity (Wildman–Crippen MR) is 68.2 cm³/mol. The van der Waals surface area contributed by atoms with E-state index in [4.69, 9.17) is 0 Å². The van der Waals surface area contributed by atoms with Gasteiger partial charge in [-0.3, -0.25) is 9.89 Å². The molecule has 1 amide bonds. The molecule has 0 saturated carbocycles. The minimum absolute atomic E-state index is 0.0363. The van der Waals surface area contributed by atoms with Crippen LogP contribution in [0.25, 0.3) is 0 Å². The molecular weight excluding hydrogens is 285 g/mol. The fourth-order valence-electron chi connectivity index (χ4n) is 1.73. The number of benzene rings is 1. The van der Waals surface area contributed by atoms with Crippen LogP contribution in [0.5, 0.6) is 0 Å². The lowest BCUT2D eigenvalue weighted by Crippen LogP contribution is -2.27. The molecule has 0 atom stereocenters. The molecule has 0 aliphatic heterocycles. The Bertz CT molecular complexity index is 578. The second-order valence-electron chi connectivity index (χ2n) is 4.40. The maximum Gasteiger partial charge on any atom is 0.416 e. The number of amides is 1. The minimum Gasteiger partial charge on any atom is -0.355 e. The van der Waals surface area contributed by atoms with Gasteiger partial charge in [0.25, 0.3) is 0 Å². The van der Waals surface area contributed by atoms with Gasteiger partial charge in [-0.25, -0.2) is 4.98 Å². The van der Waals surface area contributed by atoms with Crippen LogP contribution in [0.2, 0.25) is 0 Å². The number of aromatic nitrogens is 3. The monoisotopic (exact) mass is 298 g/mol. The second-order valence-corrected chi connectivity index (χ2v) is 4.40. The molecule has 0 fully saturated rings. The Hall–Kier alpha value is -2.38. The Morgan fingerprint density at radius 3 is 2.52 bits per heavy atom. The van der Waals surface area contributed by atoms with Crippen molar-refractivity contribution in [3.63, 3.8) is 0 Å². The van der Waals surface area contributed by atoms with Crippen molar-refractivity contribution in [2.75, 3.05) is 6.54 Å². The molecule has 0 saturated heterocycles. The van der Waals surface area contributed by atoms with Crippen LogP contribution in [-0.2, 0) is 23.8 Å². The number of H-pyrrole nitrogens is 1. The molecule has 2 N–H and O–H groups in total. The highest BCUT2D eigenvalue weighted by molar-refractivity contribution is 5.78. The number of hydrogen-bond donors (Lipinski definition) is 2. The maximum atomic E-state index is 12.4. The average Bonchev–Trinajstić information content (AvgIpc) is 2.91. The van der Waals surface area contributed by atoms with Crippen molar-refractivity contribution in [2.45, 2.75) is 19.0 Å². The van der Waals surface area contributed by atoms with Crippen LogP contribution in [0.15, 0.2) is 30.6 Å². The Labute approximate surface area is 118 Å². The van der Waals surface area contributed by atoms with E-state index in [-0.39, 0.29) is 12.3 Å². The zero-order chi connectivity index (χ0) is 15.3. The minimum atomic E-state index is -4.36. The lowest BCUT2D eigenvalue weighted by molar-refractivity contribution is -0.137. The second kappa shape index (κ2) is 6.38. The van der Waals surface area contributed by atoms with Crippen molar-refractivity contribution in [3.8, 4) is 0 Å². The van der Waals surface area contributed by atoms with E-state index in [1.54, 1.807) is 0 Å².